The van der Waals surface area contributed by atoms with Crippen LogP contribution in [0.3, 0.4) is 0 Å². The molecule has 0 amide bonds. The summed E-state index contributed by atoms with van der Waals surface area (Å²) in [5, 5.41) is 6.56. The molecule has 0 radical (unpaired) electrons. The van der Waals surface area contributed by atoms with Crippen molar-refractivity contribution in [2.45, 2.75) is 57.4 Å². The number of piperidine rings is 1. The zero-order valence-electron chi connectivity index (χ0n) is 12.9. The van der Waals surface area contributed by atoms with Crippen molar-refractivity contribution in [3.05, 3.63) is 0 Å². The van der Waals surface area contributed by atoms with Crippen LogP contribution in [-0.2, 0) is 0 Å². The highest BCUT2D eigenvalue weighted by Gasteiger charge is 2.18. The SMILES string of the molecule is CNc1nc(NC2CCCCC2)nc(N2CCCCC2)n1. The van der Waals surface area contributed by atoms with Gasteiger partial charge in [-0.3, -0.25) is 0 Å². The Labute approximate surface area is 126 Å². The molecule has 1 aromatic heterocycles. The van der Waals surface area contributed by atoms with Crippen molar-refractivity contribution in [2.75, 3.05) is 35.7 Å². The Kier molecular flexibility index (Phi) is 4.72. The van der Waals surface area contributed by atoms with Gasteiger partial charge in [0, 0.05) is 26.2 Å². The first-order valence-electron chi connectivity index (χ1n) is 8.30. The number of anilines is 3. The third kappa shape index (κ3) is 3.74. The minimum absolute atomic E-state index is 0.514. The van der Waals surface area contributed by atoms with Gasteiger partial charge in [0.2, 0.25) is 17.8 Å². The van der Waals surface area contributed by atoms with Gasteiger partial charge in [0.25, 0.3) is 0 Å². The summed E-state index contributed by atoms with van der Waals surface area (Å²) in [6.45, 7) is 2.10. The van der Waals surface area contributed by atoms with Crippen LogP contribution in [0.4, 0.5) is 17.8 Å². The molecule has 1 aromatic rings. The molecule has 0 bridgehead atoms. The number of hydrogen-bond acceptors (Lipinski definition) is 6. The molecule has 1 saturated carbocycles. The smallest absolute Gasteiger partial charge is 0.231 e. The van der Waals surface area contributed by atoms with Crippen molar-refractivity contribution < 1.29 is 0 Å². The van der Waals surface area contributed by atoms with E-state index in [1.54, 1.807) is 0 Å². The average Bonchev–Trinajstić information content (AvgIpc) is 2.56. The first kappa shape index (κ1) is 14.4. The summed E-state index contributed by atoms with van der Waals surface area (Å²) in [7, 11) is 1.86. The van der Waals surface area contributed by atoms with E-state index in [-0.39, 0.29) is 0 Å². The normalized spacial score (nSPS) is 20.3. The Morgan fingerprint density at radius 3 is 2.24 bits per heavy atom. The van der Waals surface area contributed by atoms with Gasteiger partial charge >= 0.3 is 0 Å². The monoisotopic (exact) mass is 290 g/mol. The summed E-state index contributed by atoms with van der Waals surface area (Å²) < 4.78 is 0. The average molecular weight is 290 g/mol. The second kappa shape index (κ2) is 6.91. The third-order valence-electron chi connectivity index (χ3n) is 4.42. The van der Waals surface area contributed by atoms with E-state index in [1.165, 1.54) is 51.4 Å². The van der Waals surface area contributed by atoms with Gasteiger partial charge in [0.05, 0.1) is 0 Å². The van der Waals surface area contributed by atoms with Crippen molar-refractivity contribution in [2.24, 2.45) is 0 Å². The molecule has 21 heavy (non-hydrogen) atoms. The minimum Gasteiger partial charge on any atom is -0.357 e. The zero-order chi connectivity index (χ0) is 14.5. The fourth-order valence-electron chi connectivity index (χ4n) is 3.21. The summed E-state index contributed by atoms with van der Waals surface area (Å²) in [6.07, 6.45) is 10.2. The first-order chi connectivity index (χ1) is 10.3. The van der Waals surface area contributed by atoms with Crippen molar-refractivity contribution in [1.82, 2.24) is 15.0 Å². The quantitative estimate of drug-likeness (QED) is 0.888. The molecule has 116 valence electrons. The Morgan fingerprint density at radius 1 is 0.857 bits per heavy atom. The van der Waals surface area contributed by atoms with Crippen LogP contribution >= 0.6 is 0 Å². The highest BCUT2D eigenvalue weighted by atomic mass is 15.3. The van der Waals surface area contributed by atoms with Gasteiger partial charge < -0.3 is 15.5 Å². The lowest BCUT2D eigenvalue weighted by Crippen LogP contribution is -2.32. The molecule has 0 unspecified atom stereocenters. The molecule has 3 rings (SSSR count). The van der Waals surface area contributed by atoms with Crippen LogP contribution in [0.25, 0.3) is 0 Å². The minimum atomic E-state index is 0.514. The van der Waals surface area contributed by atoms with Crippen LogP contribution in [0.2, 0.25) is 0 Å². The maximum Gasteiger partial charge on any atom is 0.231 e. The van der Waals surface area contributed by atoms with Crippen LogP contribution in [0.5, 0.6) is 0 Å². The molecule has 6 heteroatoms. The van der Waals surface area contributed by atoms with Crippen LogP contribution < -0.4 is 15.5 Å². The van der Waals surface area contributed by atoms with Crippen molar-refractivity contribution in [3.8, 4) is 0 Å². The highest BCUT2D eigenvalue weighted by Crippen LogP contribution is 2.22. The van der Waals surface area contributed by atoms with E-state index in [0.29, 0.717) is 12.0 Å². The summed E-state index contributed by atoms with van der Waals surface area (Å²) in [5.74, 6) is 2.19. The molecular weight excluding hydrogens is 264 g/mol. The van der Waals surface area contributed by atoms with Gasteiger partial charge in [-0.1, -0.05) is 19.3 Å². The maximum absolute atomic E-state index is 4.65. The molecule has 2 N–H and O–H groups in total. The van der Waals surface area contributed by atoms with Crippen molar-refractivity contribution in [3.63, 3.8) is 0 Å². The molecule has 2 heterocycles. The molecule has 1 saturated heterocycles. The number of rotatable bonds is 4. The third-order valence-corrected chi connectivity index (χ3v) is 4.42. The molecule has 6 nitrogen and oxygen atoms in total. The largest absolute Gasteiger partial charge is 0.357 e. The topological polar surface area (TPSA) is 66.0 Å². The second-order valence-corrected chi connectivity index (χ2v) is 6.06. The lowest BCUT2D eigenvalue weighted by molar-refractivity contribution is 0.460. The number of nitrogens with one attached hydrogen (secondary N) is 2. The summed E-state index contributed by atoms with van der Waals surface area (Å²) in [4.78, 5) is 15.9. The van der Waals surface area contributed by atoms with Gasteiger partial charge in [-0.25, -0.2) is 0 Å². The molecule has 2 fully saturated rings. The predicted molar refractivity (Wildman–Crippen MR) is 85.9 cm³/mol. The van der Waals surface area contributed by atoms with Crippen LogP contribution in [0, 0.1) is 0 Å². The van der Waals surface area contributed by atoms with Crippen LogP contribution in [0.15, 0.2) is 0 Å². The summed E-state index contributed by atoms with van der Waals surface area (Å²) >= 11 is 0. The standard InChI is InChI=1S/C15H26N6/c1-16-13-18-14(17-12-8-4-2-5-9-12)20-15(19-13)21-10-6-3-7-11-21/h12H,2-11H2,1H3,(H2,16,17,18,19,20). The van der Waals surface area contributed by atoms with Gasteiger partial charge in [-0.2, -0.15) is 15.0 Å². The van der Waals surface area contributed by atoms with E-state index in [1.807, 2.05) is 7.05 Å². The van der Waals surface area contributed by atoms with Crippen molar-refractivity contribution >= 4 is 17.8 Å². The molecule has 2 aliphatic rings. The predicted octanol–water partition coefficient (Wildman–Crippen LogP) is 2.65. The molecule has 1 aliphatic carbocycles. The zero-order valence-corrected chi connectivity index (χ0v) is 12.9. The molecule has 0 atom stereocenters. The second-order valence-electron chi connectivity index (χ2n) is 6.06. The summed E-state index contributed by atoms with van der Waals surface area (Å²) in [5.41, 5.74) is 0. The van der Waals surface area contributed by atoms with Gasteiger partial charge in [0.1, 0.15) is 0 Å². The van der Waals surface area contributed by atoms with E-state index >= 15 is 0 Å². The van der Waals surface area contributed by atoms with Gasteiger partial charge in [-0.05, 0) is 32.1 Å². The van der Waals surface area contributed by atoms with Crippen molar-refractivity contribution in [1.29, 1.82) is 0 Å². The fourth-order valence-corrected chi connectivity index (χ4v) is 3.21. The highest BCUT2D eigenvalue weighted by molar-refractivity contribution is 5.44. The lowest BCUT2D eigenvalue weighted by atomic mass is 9.96. The van der Waals surface area contributed by atoms with E-state index in [2.05, 4.69) is 30.5 Å². The Balaban J connectivity index is 1.75. The Morgan fingerprint density at radius 2 is 1.52 bits per heavy atom. The van der Waals surface area contributed by atoms with Gasteiger partial charge in [0.15, 0.2) is 0 Å². The van der Waals surface area contributed by atoms with E-state index < -0.39 is 0 Å². The summed E-state index contributed by atoms with van der Waals surface area (Å²) in [6, 6.07) is 0.514. The number of nitrogens with zero attached hydrogens (tertiary/aromatic N) is 4. The van der Waals surface area contributed by atoms with E-state index in [0.717, 1.165) is 25.0 Å². The van der Waals surface area contributed by atoms with E-state index in [4.69, 9.17) is 0 Å². The lowest BCUT2D eigenvalue weighted by Gasteiger charge is -2.28. The molecular formula is C15H26N6. The molecule has 0 aromatic carbocycles. The van der Waals surface area contributed by atoms with Crippen LogP contribution in [-0.4, -0.2) is 41.1 Å². The molecule has 1 aliphatic heterocycles. The van der Waals surface area contributed by atoms with Gasteiger partial charge in [-0.15, -0.1) is 0 Å². The van der Waals surface area contributed by atoms with Crippen LogP contribution in [0.1, 0.15) is 51.4 Å². The fraction of sp³-hybridized carbons (Fsp3) is 0.800. The first-order valence-corrected chi connectivity index (χ1v) is 8.30. The molecule has 0 spiro atoms. The number of aromatic nitrogens is 3. The Bertz CT molecular complexity index is 451. The maximum atomic E-state index is 4.65. The Hall–Kier alpha value is -1.59. The number of hydrogen-bond donors (Lipinski definition) is 2. The van der Waals surface area contributed by atoms with E-state index in [9.17, 15) is 0 Å².